The standard InChI is InChI=1S/C11H10N2/c12-7-2-5-10-3-1-4-11(9-10)6-8-13/h1,3-4,9H,6,8,13H2. The second-order valence-electron chi connectivity index (χ2n) is 2.60. The Morgan fingerprint density at radius 1 is 1.38 bits per heavy atom. The van der Waals surface area contributed by atoms with Crippen molar-refractivity contribution < 1.29 is 0 Å². The molecule has 0 fully saturated rings. The van der Waals surface area contributed by atoms with Crippen LogP contribution in [0.1, 0.15) is 11.1 Å². The highest BCUT2D eigenvalue weighted by Crippen LogP contribution is 2.03. The lowest BCUT2D eigenvalue weighted by Crippen LogP contribution is -2.02. The van der Waals surface area contributed by atoms with Crippen molar-refractivity contribution in [3.8, 4) is 17.9 Å². The molecule has 2 heteroatoms. The van der Waals surface area contributed by atoms with Crippen LogP contribution in [0.25, 0.3) is 0 Å². The van der Waals surface area contributed by atoms with Gasteiger partial charge in [0.25, 0.3) is 0 Å². The third kappa shape index (κ3) is 2.99. The molecule has 0 aliphatic rings. The summed E-state index contributed by atoms with van der Waals surface area (Å²) in [6.45, 7) is 0.634. The normalized spacial score (nSPS) is 8.31. The van der Waals surface area contributed by atoms with Crippen molar-refractivity contribution in [2.75, 3.05) is 6.54 Å². The first-order chi connectivity index (χ1) is 6.36. The minimum atomic E-state index is 0.634. The maximum absolute atomic E-state index is 8.26. The quantitative estimate of drug-likeness (QED) is 0.675. The van der Waals surface area contributed by atoms with E-state index >= 15 is 0 Å². The molecule has 0 aliphatic carbocycles. The predicted molar refractivity (Wildman–Crippen MR) is 51.7 cm³/mol. The van der Waals surface area contributed by atoms with Crippen LogP contribution >= 0.6 is 0 Å². The molecule has 2 N–H and O–H groups in total. The lowest BCUT2D eigenvalue weighted by molar-refractivity contribution is 0.968. The zero-order chi connectivity index (χ0) is 9.52. The van der Waals surface area contributed by atoms with Crippen LogP contribution in [0.15, 0.2) is 24.3 Å². The Hall–Kier alpha value is -1.77. The maximum atomic E-state index is 8.26. The lowest BCUT2D eigenvalue weighted by atomic mass is 10.1. The predicted octanol–water partition coefficient (Wildman–Crippen LogP) is 1.06. The number of hydrogen-bond acceptors (Lipinski definition) is 2. The fourth-order valence-electron chi connectivity index (χ4n) is 1.07. The van der Waals surface area contributed by atoms with E-state index in [0.29, 0.717) is 6.54 Å². The molecule has 0 radical (unpaired) electrons. The zero-order valence-electron chi connectivity index (χ0n) is 7.25. The van der Waals surface area contributed by atoms with Crippen LogP contribution in [-0.4, -0.2) is 6.54 Å². The van der Waals surface area contributed by atoms with E-state index in [2.05, 4.69) is 11.8 Å². The SMILES string of the molecule is N#CC#Cc1cccc(CCN)c1. The molecule has 0 bridgehead atoms. The smallest absolute Gasteiger partial charge is 0.152 e. The van der Waals surface area contributed by atoms with E-state index in [1.165, 1.54) is 0 Å². The fourth-order valence-corrected chi connectivity index (χ4v) is 1.07. The van der Waals surface area contributed by atoms with Crippen LogP contribution in [0.2, 0.25) is 0 Å². The van der Waals surface area contributed by atoms with Gasteiger partial charge in [0.1, 0.15) is 0 Å². The highest BCUT2D eigenvalue weighted by molar-refractivity contribution is 5.39. The summed E-state index contributed by atoms with van der Waals surface area (Å²) in [6, 6.07) is 9.54. The molecule has 1 rings (SSSR count). The van der Waals surface area contributed by atoms with Gasteiger partial charge in [-0.05, 0) is 30.7 Å². The van der Waals surface area contributed by atoms with Crippen molar-refractivity contribution >= 4 is 0 Å². The van der Waals surface area contributed by atoms with Gasteiger partial charge in [-0.25, -0.2) is 0 Å². The third-order valence-electron chi connectivity index (χ3n) is 1.62. The average Bonchev–Trinajstić information content (AvgIpc) is 2.16. The maximum Gasteiger partial charge on any atom is 0.152 e. The summed E-state index contributed by atoms with van der Waals surface area (Å²) in [5, 5.41) is 8.26. The molecule has 0 aliphatic heterocycles. The first kappa shape index (κ1) is 9.32. The van der Waals surface area contributed by atoms with Gasteiger partial charge >= 0.3 is 0 Å². The summed E-state index contributed by atoms with van der Waals surface area (Å²) in [4.78, 5) is 0. The number of hydrogen-bond donors (Lipinski definition) is 1. The molecular formula is C11H10N2. The highest BCUT2D eigenvalue weighted by atomic mass is 14.5. The minimum absolute atomic E-state index is 0.634. The molecule has 1 aromatic rings. The molecular weight excluding hydrogens is 160 g/mol. The molecule has 0 spiro atoms. The summed E-state index contributed by atoms with van der Waals surface area (Å²) in [5.41, 5.74) is 7.45. The first-order valence-corrected chi connectivity index (χ1v) is 4.06. The topological polar surface area (TPSA) is 49.8 Å². The van der Waals surface area contributed by atoms with E-state index in [4.69, 9.17) is 11.0 Å². The van der Waals surface area contributed by atoms with Crippen LogP contribution in [-0.2, 0) is 6.42 Å². The van der Waals surface area contributed by atoms with Gasteiger partial charge in [-0.2, -0.15) is 5.26 Å². The van der Waals surface area contributed by atoms with Gasteiger partial charge < -0.3 is 5.73 Å². The molecule has 0 heterocycles. The fraction of sp³-hybridized carbons (Fsp3) is 0.182. The van der Waals surface area contributed by atoms with E-state index in [1.54, 1.807) is 6.07 Å². The van der Waals surface area contributed by atoms with E-state index < -0.39 is 0 Å². The van der Waals surface area contributed by atoms with E-state index in [9.17, 15) is 0 Å². The van der Waals surface area contributed by atoms with Crippen molar-refractivity contribution in [1.82, 2.24) is 0 Å². The largest absolute Gasteiger partial charge is 0.330 e. The molecule has 0 saturated heterocycles. The summed E-state index contributed by atoms with van der Waals surface area (Å²) in [7, 11) is 0. The first-order valence-electron chi connectivity index (χ1n) is 4.06. The van der Waals surface area contributed by atoms with Crippen molar-refractivity contribution in [3.63, 3.8) is 0 Å². The van der Waals surface area contributed by atoms with E-state index in [-0.39, 0.29) is 0 Å². The zero-order valence-corrected chi connectivity index (χ0v) is 7.25. The van der Waals surface area contributed by atoms with Crippen LogP contribution in [0, 0.1) is 23.2 Å². The van der Waals surface area contributed by atoms with Gasteiger partial charge in [-0.15, -0.1) is 0 Å². The lowest BCUT2D eigenvalue weighted by Gasteiger charge is -1.97. The van der Waals surface area contributed by atoms with Crippen molar-refractivity contribution in [2.24, 2.45) is 5.73 Å². The third-order valence-corrected chi connectivity index (χ3v) is 1.62. The summed E-state index contributed by atoms with van der Waals surface area (Å²) in [6.07, 6.45) is 0.849. The number of nitriles is 1. The van der Waals surface area contributed by atoms with Gasteiger partial charge in [-0.1, -0.05) is 18.1 Å². The Bertz CT molecular complexity index is 377. The number of nitrogens with two attached hydrogens (primary N) is 1. The second kappa shape index (κ2) is 4.98. The number of benzene rings is 1. The number of rotatable bonds is 2. The molecule has 2 nitrogen and oxygen atoms in total. The summed E-state index contributed by atoms with van der Waals surface area (Å²) < 4.78 is 0. The van der Waals surface area contributed by atoms with E-state index in [0.717, 1.165) is 17.5 Å². The number of nitrogens with zero attached hydrogens (tertiary/aromatic N) is 1. The Balaban J connectivity index is 2.86. The van der Waals surface area contributed by atoms with Crippen LogP contribution in [0.5, 0.6) is 0 Å². The Kier molecular flexibility index (Phi) is 3.57. The van der Waals surface area contributed by atoms with Crippen molar-refractivity contribution in [2.45, 2.75) is 6.42 Å². The molecule has 13 heavy (non-hydrogen) atoms. The Morgan fingerprint density at radius 3 is 2.92 bits per heavy atom. The van der Waals surface area contributed by atoms with Gasteiger partial charge in [-0.3, -0.25) is 0 Å². The van der Waals surface area contributed by atoms with Gasteiger partial charge in [0, 0.05) is 11.5 Å². The van der Waals surface area contributed by atoms with Crippen LogP contribution in [0.3, 0.4) is 0 Å². The van der Waals surface area contributed by atoms with Crippen molar-refractivity contribution in [3.05, 3.63) is 35.4 Å². The monoisotopic (exact) mass is 170 g/mol. The van der Waals surface area contributed by atoms with Gasteiger partial charge in [0.15, 0.2) is 6.07 Å². The molecule has 0 amide bonds. The summed E-state index contributed by atoms with van der Waals surface area (Å²) >= 11 is 0. The molecule has 0 aromatic heterocycles. The van der Waals surface area contributed by atoms with E-state index in [1.807, 2.05) is 24.3 Å². The van der Waals surface area contributed by atoms with Gasteiger partial charge in [0.2, 0.25) is 0 Å². The molecule has 64 valence electrons. The minimum Gasteiger partial charge on any atom is -0.330 e. The second-order valence-corrected chi connectivity index (χ2v) is 2.60. The van der Waals surface area contributed by atoms with Crippen LogP contribution < -0.4 is 5.73 Å². The van der Waals surface area contributed by atoms with Crippen molar-refractivity contribution in [1.29, 1.82) is 5.26 Å². The average molecular weight is 170 g/mol. The molecule has 0 saturated carbocycles. The molecule has 1 aromatic carbocycles. The Morgan fingerprint density at radius 2 is 2.23 bits per heavy atom. The molecule has 0 atom stereocenters. The highest BCUT2D eigenvalue weighted by Gasteiger charge is 1.91. The molecule has 0 unspecified atom stereocenters. The van der Waals surface area contributed by atoms with Gasteiger partial charge in [0.05, 0.1) is 0 Å². The Labute approximate surface area is 78.0 Å². The van der Waals surface area contributed by atoms with Crippen LogP contribution in [0.4, 0.5) is 0 Å². The summed E-state index contributed by atoms with van der Waals surface area (Å²) in [5.74, 6) is 5.10.